The van der Waals surface area contributed by atoms with Crippen LogP contribution in [0.15, 0.2) is 39.6 Å². The Morgan fingerprint density at radius 1 is 1.33 bits per heavy atom. The van der Waals surface area contributed by atoms with E-state index in [-0.39, 0.29) is 6.04 Å². The second-order valence-electron chi connectivity index (χ2n) is 4.80. The van der Waals surface area contributed by atoms with Crippen molar-refractivity contribution in [2.75, 3.05) is 0 Å². The average Bonchev–Trinajstić information content (AvgIpc) is 2.71. The number of azo groups is 1. The minimum absolute atomic E-state index is 0.157. The van der Waals surface area contributed by atoms with Crippen molar-refractivity contribution in [3.8, 4) is 0 Å². The van der Waals surface area contributed by atoms with Gasteiger partial charge >= 0.3 is 0 Å². The normalized spacial score (nSPS) is 23.5. The van der Waals surface area contributed by atoms with E-state index in [9.17, 15) is 0 Å². The fourth-order valence-electron chi connectivity index (χ4n) is 1.62. The third-order valence-electron chi connectivity index (χ3n) is 2.53. The third-order valence-corrected chi connectivity index (χ3v) is 2.78. The van der Waals surface area contributed by atoms with Crippen molar-refractivity contribution in [3.63, 3.8) is 0 Å². The Labute approximate surface area is 112 Å². The van der Waals surface area contributed by atoms with Crippen molar-refractivity contribution in [2.45, 2.75) is 39.0 Å². The van der Waals surface area contributed by atoms with Crippen LogP contribution >= 0.6 is 11.6 Å². The Hall–Kier alpha value is -1.42. The van der Waals surface area contributed by atoms with Gasteiger partial charge < -0.3 is 4.84 Å². The monoisotopic (exact) mass is 265 g/mol. The van der Waals surface area contributed by atoms with Crippen molar-refractivity contribution in [3.05, 3.63) is 34.9 Å². The lowest BCUT2D eigenvalue weighted by Crippen LogP contribution is -2.21. The van der Waals surface area contributed by atoms with E-state index in [1.165, 1.54) is 0 Å². The fraction of sp³-hybridized carbons (Fsp3) is 0.462. The third kappa shape index (κ3) is 3.07. The molecule has 1 heterocycles. The van der Waals surface area contributed by atoms with Crippen molar-refractivity contribution in [1.82, 2.24) is 0 Å². The highest BCUT2D eigenvalue weighted by atomic mass is 35.5. The number of rotatable bonds is 3. The summed E-state index contributed by atoms with van der Waals surface area (Å²) in [6, 6.07) is 7.69. The largest absolute Gasteiger partial charge is 0.363 e. The van der Waals surface area contributed by atoms with Gasteiger partial charge in [-0.2, -0.15) is 5.11 Å². The second kappa shape index (κ2) is 5.06. The van der Waals surface area contributed by atoms with Crippen LogP contribution in [0.2, 0.25) is 5.02 Å². The van der Waals surface area contributed by atoms with Crippen molar-refractivity contribution >= 4 is 17.3 Å². The van der Waals surface area contributed by atoms with E-state index in [2.05, 4.69) is 15.4 Å². The van der Waals surface area contributed by atoms with Crippen LogP contribution in [-0.2, 0) is 4.84 Å². The zero-order valence-electron chi connectivity index (χ0n) is 10.7. The summed E-state index contributed by atoms with van der Waals surface area (Å²) >= 11 is 5.85. The van der Waals surface area contributed by atoms with E-state index in [1.807, 2.05) is 45.0 Å². The van der Waals surface area contributed by atoms with E-state index in [0.717, 1.165) is 11.3 Å². The summed E-state index contributed by atoms with van der Waals surface area (Å²) in [7, 11) is 0. The van der Waals surface area contributed by atoms with Gasteiger partial charge in [0.1, 0.15) is 0 Å². The average molecular weight is 266 g/mol. The molecule has 0 bridgehead atoms. The first-order chi connectivity index (χ1) is 8.48. The van der Waals surface area contributed by atoms with Crippen LogP contribution in [0.1, 0.15) is 32.8 Å². The first-order valence-corrected chi connectivity index (χ1v) is 6.29. The topological polar surface area (TPSA) is 46.3 Å². The highest BCUT2D eigenvalue weighted by molar-refractivity contribution is 6.30. The maximum atomic E-state index is 5.85. The van der Waals surface area contributed by atoms with Gasteiger partial charge in [0.2, 0.25) is 5.72 Å². The summed E-state index contributed by atoms with van der Waals surface area (Å²) < 4.78 is 0. The van der Waals surface area contributed by atoms with E-state index in [0.29, 0.717) is 11.4 Å². The van der Waals surface area contributed by atoms with Crippen molar-refractivity contribution < 1.29 is 4.84 Å². The molecule has 96 valence electrons. The fourth-order valence-corrected chi connectivity index (χ4v) is 1.74. The summed E-state index contributed by atoms with van der Waals surface area (Å²) in [5.74, 6) is 0. The molecule has 0 radical (unpaired) electrons. The molecule has 1 aliphatic heterocycles. The van der Waals surface area contributed by atoms with E-state index < -0.39 is 5.72 Å². The molecule has 0 aliphatic carbocycles. The van der Waals surface area contributed by atoms with Crippen LogP contribution in [-0.4, -0.2) is 17.5 Å². The van der Waals surface area contributed by atoms with Crippen LogP contribution < -0.4 is 0 Å². The maximum Gasteiger partial charge on any atom is 0.248 e. The summed E-state index contributed by atoms with van der Waals surface area (Å²) in [4.78, 5) is 5.38. The SMILES string of the molecule is CC(C)N=NC1(C)CC(c2ccc(Cl)cc2)=NO1. The van der Waals surface area contributed by atoms with Gasteiger partial charge in [0, 0.05) is 11.9 Å². The lowest BCUT2D eigenvalue weighted by atomic mass is 10.0. The lowest BCUT2D eigenvalue weighted by Gasteiger charge is -2.14. The number of benzene rings is 1. The summed E-state index contributed by atoms with van der Waals surface area (Å²) in [5, 5.41) is 13.1. The Kier molecular flexibility index (Phi) is 3.66. The molecular formula is C13H16ClN3O. The maximum absolute atomic E-state index is 5.85. The Morgan fingerprint density at radius 2 is 2.00 bits per heavy atom. The van der Waals surface area contributed by atoms with E-state index >= 15 is 0 Å². The van der Waals surface area contributed by atoms with E-state index in [4.69, 9.17) is 16.4 Å². The molecule has 18 heavy (non-hydrogen) atoms. The molecule has 1 atom stereocenters. The summed E-state index contributed by atoms with van der Waals surface area (Å²) in [5.41, 5.74) is 1.19. The number of hydrogen-bond donors (Lipinski definition) is 0. The second-order valence-corrected chi connectivity index (χ2v) is 5.23. The van der Waals surface area contributed by atoms with Gasteiger partial charge in [-0.3, -0.25) is 0 Å². The molecule has 2 rings (SSSR count). The minimum Gasteiger partial charge on any atom is -0.363 e. The molecule has 4 nitrogen and oxygen atoms in total. The van der Waals surface area contributed by atoms with Gasteiger partial charge in [0.05, 0.1) is 18.2 Å². The van der Waals surface area contributed by atoms with Crippen LogP contribution in [0.3, 0.4) is 0 Å². The molecular weight excluding hydrogens is 250 g/mol. The highest BCUT2D eigenvalue weighted by Gasteiger charge is 2.34. The molecule has 0 N–H and O–H groups in total. The molecule has 1 unspecified atom stereocenters. The molecule has 0 saturated carbocycles. The highest BCUT2D eigenvalue weighted by Crippen LogP contribution is 2.28. The molecule has 0 spiro atoms. The molecule has 0 fully saturated rings. The standard InChI is InChI=1S/C13H16ClN3O/c1-9(2)15-17-13(3)8-12(16-18-13)10-4-6-11(14)7-5-10/h4-7,9H,8H2,1-3H3. The van der Waals surface area contributed by atoms with Gasteiger partial charge in [-0.05, 0) is 31.5 Å². The van der Waals surface area contributed by atoms with Gasteiger partial charge in [0.25, 0.3) is 0 Å². The number of oxime groups is 1. The number of hydrogen-bond acceptors (Lipinski definition) is 4. The molecule has 0 saturated heterocycles. The number of halogens is 1. The molecule has 1 aromatic carbocycles. The molecule has 5 heteroatoms. The predicted octanol–water partition coefficient (Wildman–Crippen LogP) is 4.04. The van der Waals surface area contributed by atoms with Crippen LogP contribution in [0.4, 0.5) is 0 Å². The minimum atomic E-state index is -0.681. The first kappa shape index (κ1) is 13.0. The Morgan fingerprint density at radius 3 is 2.61 bits per heavy atom. The lowest BCUT2D eigenvalue weighted by molar-refractivity contribution is -0.00270. The Bertz CT molecular complexity index is 482. The number of nitrogens with zero attached hydrogens (tertiary/aromatic N) is 3. The first-order valence-electron chi connectivity index (χ1n) is 5.91. The quantitative estimate of drug-likeness (QED) is 0.761. The van der Waals surface area contributed by atoms with Gasteiger partial charge in [-0.1, -0.05) is 28.9 Å². The molecule has 0 aromatic heterocycles. The molecule has 1 aliphatic rings. The van der Waals surface area contributed by atoms with Gasteiger partial charge in [-0.25, -0.2) is 0 Å². The Balaban J connectivity index is 2.09. The van der Waals surface area contributed by atoms with Crippen molar-refractivity contribution in [2.24, 2.45) is 15.4 Å². The molecule has 0 amide bonds. The van der Waals surface area contributed by atoms with Crippen LogP contribution in [0.25, 0.3) is 0 Å². The summed E-state index contributed by atoms with van der Waals surface area (Å²) in [6.07, 6.45) is 0.616. The predicted molar refractivity (Wildman–Crippen MR) is 72.1 cm³/mol. The van der Waals surface area contributed by atoms with Crippen molar-refractivity contribution in [1.29, 1.82) is 0 Å². The van der Waals surface area contributed by atoms with E-state index in [1.54, 1.807) is 0 Å². The smallest absolute Gasteiger partial charge is 0.248 e. The zero-order chi connectivity index (χ0) is 13.2. The van der Waals surface area contributed by atoms with Gasteiger partial charge in [0.15, 0.2) is 0 Å². The van der Waals surface area contributed by atoms with Crippen LogP contribution in [0, 0.1) is 0 Å². The zero-order valence-corrected chi connectivity index (χ0v) is 11.5. The van der Waals surface area contributed by atoms with Crippen LogP contribution in [0.5, 0.6) is 0 Å². The molecule has 1 aromatic rings. The summed E-state index contributed by atoms with van der Waals surface area (Å²) in [6.45, 7) is 5.83. The van der Waals surface area contributed by atoms with Gasteiger partial charge in [-0.15, -0.1) is 5.11 Å².